The van der Waals surface area contributed by atoms with Gasteiger partial charge in [0.25, 0.3) is 0 Å². The zero-order chi connectivity index (χ0) is 18.3. The fourth-order valence-corrected chi connectivity index (χ4v) is 3.21. The van der Waals surface area contributed by atoms with Gasteiger partial charge in [-0.25, -0.2) is 19.9 Å². The zero-order valence-corrected chi connectivity index (χ0v) is 16.2. The highest BCUT2D eigenvalue weighted by atomic mass is 15.3. The highest BCUT2D eigenvalue weighted by Gasteiger charge is 2.30. The van der Waals surface area contributed by atoms with Crippen LogP contribution in [0, 0.1) is 6.92 Å². The molecule has 2 aromatic rings. The van der Waals surface area contributed by atoms with E-state index in [9.17, 15) is 0 Å². The van der Waals surface area contributed by atoms with Crippen LogP contribution in [0.5, 0.6) is 0 Å². The summed E-state index contributed by atoms with van der Waals surface area (Å²) in [6.45, 7) is 12.4. The number of hydrogen-bond acceptors (Lipinski definition) is 6. The van der Waals surface area contributed by atoms with Crippen molar-refractivity contribution in [3.8, 4) is 0 Å². The highest BCUT2D eigenvalue weighted by molar-refractivity contribution is 5.45. The molecule has 0 atom stereocenters. The van der Waals surface area contributed by atoms with Gasteiger partial charge in [0.05, 0.1) is 5.69 Å². The maximum Gasteiger partial charge on any atom is 0.225 e. The van der Waals surface area contributed by atoms with Crippen LogP contribution in [-0.2, 0) is 5.41 Å². The summed E-state index contributed by atoms with van der Waals surface area (Å²) >= 11 is 0. The molecule has 1 saturated heterocycles. The van der Waals surface area contributed by atoms with Crippen molar-refractivity contribution >= 4 is 11.8 Å². The molecule has 0 radical (unpaired) electrons. The molecule has 1 saturated carbocycles. The van der Waals surface area contributed by atoms with E-state index in [4.69, 9.17) is 9.97 Å². The van der Waals surface area contributed by atoms with Gasteiger partial charge < -0.3 is 9.80 Å². The summed E-state index contributed by atoms with van der Waals surface area (Å²) in [7, 11) is 0. The van der Waals surface area contributed by atoms with Crippen molar-refractivity contribution in [3.63, 3.8) is 0 Å². The average Bonchev–Trinajstić information content (AvgIpc) is 3.47. The van der Waals surface area contributed by atoms with Crippen LogP contribution in [0.1, 0.15) is 56.6 Å². The van der Waals surface area contributed by atoms with Crippen LogP contribution >= 0.6 is 0 Å². The fourth-order valence-electron chi connectivity index (χ4n) is 3.21. The van der Waals surface area contributed by atoms with Crippen LogP contribution in [-0.4, -0.2) is 46.1 Å². The second kappa shape index (κ2) is 6.49. The highest BCUT2D eigenvalue weighted by Crippen LogP contribution is 2.39. The molecular weight excluding hydrogens is 324 g/mol. The minimum atomic E-state index is 0.0406. The van der Waals surface area contributed by atoms with Crippen LogP contribution < -0.4 is 9.80 Å². The first-order valence-electron chi connectivity index (χ1n) is 9.58. The molecule has 6 heteroatoms. The molecule has 0 N–H and O–H groups in total. The quantitative estimate of drug-likeness (QED) is 0.846. The molecule has 0 aromatic carbocycles. The van der Waals surface area contributed by atoms with Gasteiger partial charge in [0, 0.05) is 56.0 Å². The number of anilines is 2. The molecule has 2 fully saturated rings. The van der Waals surface area contributed by atoms with Crippen LogP contribution in [0.4, 0.5) is 11.8 Å². The Balaban J connectivity index is 1.52. The van der Waals surface area contributed by atoms with Gasteiger partial charge in [-0.15, -0.1) is 0 Å². The van der Waals surface area contributed by atoms with Gasteiger partial charge in [0.2, 0.25) is 5.95 Å². The first-order valence-corrected chi connectivity index (χ1v) is 9.58. The van der Waals surface area contributed by atoms with Gasteiger partial charge in [0.15, 0.2) is 0 Å². The molecule has 4 rings (SSSR count). The predicted octanol–water partition coefficient (Wildman–Crippen LogP) is 3.08. The minimum absolute atomic E-state index is 0.0406. The summed E-state index contributed by atoms with van der Waals surface area (Å²) in [5, 5.41) is 0. The van der Waals surface area contributed by atoms with Gasteiger partial charge in [-0.3, -0.25) is 0 Å². The number of aryl methyl sites for hydroxylation is 1. The maximum absolute atomic E-state index is 4.91. The van der Waals surface area contributed by atoms with Gasteiger partial charge in [-0.2, -0.15) is 0 Å². The van der Waals surface area contributed by atoms with E-state index >= 15 is 0 Å². The van der Waals surface area contributed by atoms with E-state index in [1.807, 2.05) is 19.3 Å². The van der Waals surface area contributed by atoms with E-state index in [-0.39, 0.29) is 5.41 Å². The Morgan fingerprint density at radius 1 is 0.923 bits per heavy atom. The standard InChI is InChI=1S/C20H28N6/c1-14-12-21-19(22-13-14)26-9-7-25(8-10-26)17-11-16(20(2,3)4)23-18(24-17)15-5-6-15/h11-13,15H,5-10H2,1-4H3. The summed E-state index contributed by atoms with van der Waals surface area (Å²) in [6, 6.07) is 2.18. The summed E-state index contributed by atoms with van der Waals surface area (Å²) in [5.41, 5.74) is 2.28. The van der Waals surface area contributed by atoms with Crippen molar-refractivity contribution in [1.29, 1.82) is 0 Å². The summed E-state index contributed by atoms with van der Waals surface area (Å²) in [4.78, 5) is 23.3. The van der Waals surface area contributed by atoms with E-state index in [0.29, 0.717) is 5.92 Å². The molecular formula is C20H28N6. The van der Waals surface area contributed by atoms with E-state index in [0.717, 1.165) is 55.0 Å². The third-order valence-electron chi connectivity index (χ3n) is 5.09. The Bertz CT molecular complexity index is 768. The van der Waals surface area contributed by atoms with Crippen LogP contribution in [0.15, 0.2) is 18.5 Å². The SMILES string of the molecule is Cc1cnc(N2CCN(c3cc(C(C)(C)C)nc(C4CC4)n3)CC2)nc1. The van der Waals surface area contributed by atoms with E-state index in [1.54, 1.807) is 0 Å². The van der Waals surface area contributed by atoms with Crippen molar-refractivity contribution in [1.82, 2.24) is 19.9 Å². The van der Waals surface area contributed by atoms with Gasteiger partial charge in [0.1, 0.15) is 11.6 Å². The molecule has 6 nitrogen and oxygen atoms in total. The number of piperazine rings is 1. The van der Waals surface area contributed by atoms with Crippen LogP contribution in [0.3, 0.4) is 0 Å². The van der Waals surface area contributed by atoms with Crippen LogP contribution in [0.2, 0.25) is 0 Å². The Morgan fingerprint density at radius 2 is 1.54 bits per heavy atom. The molecule has 1 aliphatic heterocycles. The molecule has 0 bridgehead atoms. The lowest BCUT2D eigenvalue weighted by Crippen LogP contribution is -2.47. The van der Waals surface area contributed by atoms with Gasteiger partial charge in [-0.05, 0) is 25.3 Å². The minimum Gasteiger partial charge on any atom is -0.353 e. The number of rotatable bonds is 3. The Kier molecular flexibility index (Phi) is 4.29. The summed E-state index contributed by atoms with van der Waals surface area (Å²) in [5.74, 6) is 3.51. The van der Waals surface area contributed by atoms with E-state index in [2.05, 4.69) is 46.6 Å². The topological polar surface area (TPSA) is 58.0 Å². The lowest BCUT2D eigenvalue weighted by atomic mass is 9.91. The lowest BCUT2D eigenvalue weighted by Gasteiger charge is -2.36. The number of nitrogens with zero attached hydrogens (tertiary/aromatic N) is 6. The second-order valence-electron chi connectivity index (χ2n) is 8.53. The van der Waals surface area contributed by atoms with E-state index in [1.165, 1.54) is 12.8 Å². The number of hydrogen-bond donors (Lipinski definition) is 0. The Morgan fingerprint density at radius 3 is 2.12 bits per heavy atom. The molecule has 0 unspecified atom stereocenters. The lowest BCUT2D eigenvalue weighted by molar-refractivity contribution is 0.559. The van der Waals surface area contributed by atoms with Crippen molar-refractivity contribution in [2.75, 3.05) is 36.0 Å². The Labute approximate surface area is 155 Å². The summed E-state index contributed by atoms with van der Waals surface area (Å²) in [6.07, 6.45) is 6.23. The molecule has 138 valence electrons. The molecule has 1 aliphatic carbocycles. The maximum atomic E-state index is 4.91. The molecule has 0 spiro atoms. The molecule has 26 heavy (non-hydrogen) atoms. The van der Waals surface area contributed by atoms with E-state index < -0.39 is 0 Å². The van der Waals surface area contributed by atoms with Crippen molar-refractivity contribution < 1.29 is 0 Å². The monoisotopic (exact) mass is 352 g/mol. The molecule has 3 heterocycles. The number of aromatic nitrogens is 4. The Hall–Kier alpha value is -2.24. The molecule has 0 amide bonds. The average molecular weight is 352 g/mol. The van der Waals surface area contributed by atoms with Gasteiger partial charge in [-0.1, -0.05) is 20.8 Å². The predicted molar refractivity (Wildman–Crippen MR) is 104 cm³/mol. The van der Waals surface area contributed by atoms with Crippen molar-refractivity contribution in [3.05, 3.63) is 35.5 Å². The first-order chi connectivity index (χ1) is 12.4. The van der Waals surface area contributed by atoms with Crippen molar-refractivity contribution in [2.45, 2.75) is 51.9 Å². The first kappa shape index (κ1) is 17.2. The smallest absolute Gasteiger partial charge is 0.225 e. The fraction of sp³-hybridized carbons (Fsp3) is 0.600. The zero-order valence-electron chi connectivity index (χ0n) is 16.2. The summed E-state index contributed by atoms with van der Waals surface area (Å²) < 4.78 is 0. The second-order valence-corrected chi connectivity index (χ2v) is 8.53. The molecule has 2 aliphatic rings. The van der Waals surface area contributed by atoms with Gasteiger partial charge >= 0.3 is 0 Å². The molecule has 2 aromatic heterocycles. The normalized spacial score (nSPS) is 18.3. The van der Waals surface area contributed by atoms with Crippen molar-refractivity contribution in [2.24, 2.45) is 0 Å². The third kappa shape index (κ3) is 3.64. The van der Waals surface area contributed by atoms with Crippen LogP contribution in [0.25, 0.3) is 0 Å². The largest absolute Gasteiger partial charge is 0.353 e. The third-order valence-corrected chi connectivity index (χ3v) is 5.09.